The van der Waals surface area contributed by atoms with Crippen LogP contribution in [-0.4, -0.2) is 35.9 Å². The van der Waals surface area contributed by atoms with Gasteiger partial charge >= 0.3 is 0 Å². The fourth-order valence-corrected chi connectivity index (χ4v) is 3.81. The van der Waals surface area contributed by atoms with Crippen LogP contribution in [0.5, 0.6) is 5.75 Å². The lowest BCUT2D eigenvalue weighted by molar-refractivity contribution is -0.142. The molecule has 0 saturated carbocycles. The van der Waals surface area contributed by atoms with Crippen LogP contribution in [0.2, 0.25) is 0 Å². The molecule has 0 aliphatic rings. The molecule has 0 spiro atoms. The molecule has 0 unspecified atom stereocenters. The van der Waals surface area contributed by atoms with Crippen LogP contribution in [-0.2, 0) is 22.6 Å². The van der Waals surface area contributed by atoms with Gasteiger partial charge in [0.05, 0.1) is 0 Å². The Balaban J connectivity index is 1.86. The molecular weight excluding hydrogens is 480 g/mol. The van der Waals surface area contributed by atoms with E-state index in [9.17, 15) is 9.59 Å². The molecule has 5 nitrogen and oxygen atoms in total. The summed E-state index contributed by atoms with van der Waals surface area (Å²) in [7, 11) is 0. The highest BCUT2D eigenvalue weighted by Crippen LogP contribution is 2.22. The van der Waals surface area contributed by atoms with Gasteiger partial charge in [-0.1, -0.05) is 76.6 Å². The molecule has 0 aliphatic carbocycles. The number of hydrogen-bond donors (Lipinski definition) is 1. The van der Waals surface area contributed by atoms with Crippen LogP contribution in [0, 0.1) is 6.92 Å². The maximum atomic E-state index is 13.4. The van der Waals surface area contributed by atoms with E-state index in [1.165, 1.54) is 0 Å². The van der Waals surface area contributed by atoms with Crippen LogP contribution in [0.3, 0.4) is 0 Å². The van der Waals surface area contributed by atoms with E-state index < -0.39 is 6.04 Å². The van der Waals surface area contributed by atoms with Gasteiger partial charge in [0.15, 0.2) is 6.61 Å². The molecule has 3 aromatic carbocycles. The lowest BCUT2D eigenvalue weighted by Crippen LogP contribution is -2.51. The summed E-state index contributed by atoms with van der Waals surface area (Å²) in [6.07, 6.45) is 0.419. The van der Waals surface area contributed by atoms with E-state index in [2.05, 4.69) is 21.2 Å². The Labute approximate surface area is 203 Å². The summed E-state index contributed by atoms with van der Waals surface area (Å²) in [6, 6.07) is 24.4. The highest BCUT2D eigenvalue weighted by atomic mass is 79.9. The number of hydrogen-bond acceptors (Lipinski definition) is 3. The molecule has 1 N–H and O–H groups in total. The monoisotopic (exact) mass is 508 g/mol. The summed E-state index contributed by atoms with van der Waals surface area (Å²) in [5, 5.41) is 2.90. The quantitative estimate of drug-likeness (QED) is 0.423. The summed E-state index contributed by atoms with van der Waals surface area (Å²) in [6.45, 7) is 4.49. The summed E-state index contributed by atoms with van der Waals surface area (Å²) >= 11 is 3.48. The number of ether oxygens (including phenoxy) is 1. The molecule has 0 aromatic heterocycles. The van der Waals surface area contributed by atoms with Crippen molar-refractivity contribution in [1.29, 1.82) is 0 Å². The molecule has 0 fully saturated rings. The largest absolute Gasteiger partial charge is 0.484 e. The Morgan fingerprint density at radius 1 is 0.970 bits per heavy atom. The zero-order chi connectivity index (χ0) is 23.6. The van der Waals surface area contributed by atoms with Crippen molar-refractivity contribution in [2.45, 2.75) is 32.9 Å². The van der Waals surface area contributed by atoms with Crippen molar-refractivity contribution in [2.75, 3.05) is 13.2 Å². The highest BCUT2D eigenvalue weighted by Gasteiger charge is 2.30. The van der Waals surface area contributed by atoms with Crippen LogP contribution in [0.25, 0.3) is 0 Å². The van der Waals surface area contributed by atoms with Crippen LogP contribution in [0.15, 0.2) is 83.3 Å². The highest BCUT2D eigenvalue weighted by molar-refractivity contribution is 9.10. The van der Waals surface area contributed by atoms with Gasteiger partial charge in [-0.25, -0.2) is 0 Å². The van der Waals surface area contributed by atoms with Crippen molar-refractivity contribution in [3.05, 3.63) is 100 Å². The van der Waals surface area contributed by atoms with Crippen molar-refractivity contribution in [2.24, 2.45) is 0 Å². The number of halogens is 1. The van der Waals surface area contributed by atoms with Gasteiger partial charge < -0.3 is 15.0 Å². The number of nitrogens with zero attached hydrogens (tertiary/aromatic N) is 1. The zero-order valence-corrected chi connectivity index (χ0v) is 20.5. The maximum absolute atomic E-state index is 13.4. The fraction of sp³-hybridized carbons (Fsp3) is 0.259. The topological polar surface area (TPSA) is 58.6 Å². The molecule has 3 rings (SSSR count). The van der Waals surface area contributed by atoms with Crippen LogP contribution in [0.1, 0.15) is 23.6 Å². The van der Waals surface area contributed by atoms with Gasteiger partial charge in [0, 0.05) is 24.0 Å². The first-order valence-electron chi connectivity index (χ1n) is 11.0. The molecule has 33 heavy (non-hydrogen) atoms. The molecule has 1 atom stereocenters. The van der Waals surface area contributed by atoms with E-state index in [4.69, 9.17) is 4.74 Å². The molecule has 0 aliphatic heterocycles. The third-order valence-corrected chi connectivity index (χ3v) is 6.20. The first-order valence-corrected chi connectivity index (χ1v) is 11.8. The van der Waals surface area contributed by atoms with Crippen LogP contribution >= 0.6 is 15.9 Å². The minimum atomic E-state index is -0.657. The van der Waals surface area contributed by atoms with Gasteiger partial charge in [-0.05, 0) is 48.7 Å². The number of likely N-dealkylation sites (N-methyl/N-ethyl adjacent to an activating group) is 1. The molecule has 0 saturated heterocycles. The Hall–Kier alpha value is -3.12. The first kappa shape index (κ1) is 24.5. The molecular formula is C27H29BrN2O3. The second kappa shape index (κ2) is 12.2. The average Bonchev–Trinajstić information content (AvgIpc) is 2.83. The van der Waals surface area contributed by atoms with E-state index in [1.807, 2.05) is 92.7 Å². The van der Waals surface area contributed by atoms with Crippen molar-refractivity contribution in [1.82, 2.24) is 10.2 Å². The normalized spacial score (nSPS) is 11.5. The number of aryl methyl sites for hydroxylation is 1. The SMILES string of the molecule is CCNC(=O)[C@@H](Cc1ccccc1)N(Cc1ccccc1)C(=O)COc1ccc(Br)c(C)c1. The number of rotatable bonds is 10. The lowest BCUT2D eigenvalue weighted by Gasteiger charge is -2.31. The summed E-state index contributed by atoms with van der Waals surface area (Å²) in [5.41, 5.74) is 2.96. The predicted octanol–water partition coefficient (Wildman–Crippen LogP) is 4.91. The van der Waals surface area contributed by atoms with E-state index in [-0.39, 0.29) is 18.4 Å². The van der Waals surface area contributed by atoms with E-state index in [1.54, 1.807) is 4.90 Å². The Morgan fingerprint density at radius 2 is 1.61 bits per heavy atom. The van der Waals surface area contributed by atoms with Crippen LogP contribution in [0.4, 0.5) is 0 Å². The van der Waals surface area contributed by atoms with E-state index in [0.717, 1.165) is 21.2 Å². The lowest BCUT2D eigenvalue weighted by atomic mass is 10.0. The summed E-state index contributed by atoms with van der Waals surface area (Å²) in [4.78, 5) is 28.1. The number of carbonyl (C=O) groups is 2. The number of benzene rings is 3. The van der Waals surface area contributed by atoms with E-state index >= 15 is 0 Å². The molecule has 0 radical (unpaired) electrons. The molecule has 0 heterocycles. The summed E-state index contributed by atoms with van der Waals surface area (Å²) < 4.78 is 6.80. The van der Waals surface area contributed by atoms with Gasteiger partial charge in [0.1, 0.15) is 11.8 Å². The zero-order valence-electron chi connectivity index (χ0n) is 19.0. The predicted molar refractivity (Wildman–Crippen MR) is 134 cm³/mol. The Kier molecular flexibility index (Phi) is 9.07. The third-order valence-electron chi connectivity index (χ3n) is 5.31. The van der Waals surface area contributed by atoms with Crippen molar-refractivity contribution in [3.8, 4) is 5.75 Å². The van der Waals surface area contributed by atoms with Gasteiger partial charge in [-0.3, -0.25) is 9.59 Å². The second-order valence-electron chi connectivity index (χ2n) is 7.81. The van der Waals surface area contributed by atoms with Gasteiger partial charge in [0.25, 0.3) is 5.91 Å². The minimum Gasteiger partial charge on any atom is -0.484 e. The molecule has 2 amide bonds. The third kappa shape index (κ3) is 7.19. The first-order chi connectivity index (χ1) is 16.0. The van der Waals surface area contributed by atoms with Gasteiger partial charge in [-0.2, -0.15) is 0 Å². The molecule has 172 valence electrons. The minimum absolute atomic E-state index is 0.154. The molecule has 0 bridgehead atoms. The molecule has 3 aromatic rings. The number of nitrogens with one attached hydrogen (secondary N) is 1. The van der Waals surface area contributed by atoms with Crippen molar-refractivity contribution >= 4 is 27.7 Å². The maximum Gasteiger partial charge on any atom is 0.261 e. The number of amides is 2. The van der Waals surface area contributed by atoms with Gasteiger partial charge in [-0.15, -0.1) is 0 Å². The van der Waals surface area contributed by atoms with Crippen molar-refractivity contribution < 1.29 is 14.3 Å². The van der Waals surface area contributed by atoms with Crippen molar-refractivity contribution in [3.63, 3.8) is 0 Å². The number of carbonyl (C=O) groups excluding carboxylic acids is 2. The smallest absolute Gasteiger partial charge is 0.261 e. The van der Waals surface area contributed by atoms with Gasteiger partial charge in [0.2, 0.25) is 5.91 Å². The second-order valence-corrected chi connectivity index (χ2v) is 8.66. The summed E-state index contributed by atoms with van der Waals surface area (Å²) in [5.74, 6) is 0.193. The fourth-order valence-electron chi connectivity index (χ4n) is 3.56. The average molecular weight is 509 g/mol. The standard InChI is InChI=1S/C27H29BrN2O3/c1-3-29-27(32)25(17-21-10-6-4-7-11-21)30(18-22-12-8-5-9-13-22)26(31)19-33-23-14-15-24(28)20(2)16-23/h4-16,25H,3,17-19H2,1-2H3,(H,29,32)/t25-/m1/s1. The van der Waals surface area contributed by atoms with Crippen LogP contribution < -0.4 is 10.1 Å². The van der Waals surface area contributed by atoms with E-state index in [0.29, 0.717) is 25.3 Å². The Bertz CT molecular complexity index is 1060. The Morgan fingerprint density at radius 3 is 2.21 bits per heavy atom. The molecule has 6 heteroatoms.